The highest BCUT2D eigenvalue weighted by Gasteiger charge is 2.28. The average molecular weight is 412 g/mol. The van der Waals surface area contributed by atoms with Crippen LogP contribution in [0.15, 0.2) is 46.9 Å². The van der Waals surface area contributed by atoms with Crippen LogP contribution in [-0.2, 0) is 6.54 Å². The standard InChI is InChI=1S/C18H16BrF2NO3/c19-12-5-6-13-11(9-12)10-22(17(13)24)8-7-15(23)14-3-1-2-4-16(14)25-18(20)21/h1-6,9,15,18,23H,7-8,10H2. The van der Waals surface area contributed by atoms with Crippen LogP contribution in [-0.4, -0.2) is 29.1 Å². The van der Waals surface area contributed by atoms with Gasteiger partial charge in [0.15, 0.2) is 0 Å². The maximum absolute atomic E-state index is 12.5. The topological polar surface area (TPSA) is 49.8 Å². The third-order valence-electron chi connectivity index (χ3n) is 4.11. The Hall–Kier alpha value is -1.99. The molecule has 0 saturated carbocycles. The largest absolute Gasteiger partial charge is 0.434 e. The molecule has 7 heteroatoms. The second-order valence-electron chi connectivity index (χ2n) is 5.75. The first kappa shape index (κ1) is 17.8. The number of aliphatic hydroxyl groups excluding tert-OH is 1. The predicted molar refractivity (Wildman–Crippen MR) is 91.5 cm³/mol. The molecule has 2 aromatic rings. The number of aliphatic hydroxyl groups is 1. The lowest BCUT2D eigenvalue weighted by molar-refractivity contribution is -0.0516. The number of amides is 1. The van der Waals surface area contributed by atoms with Gasteiger partial charge in [-0.2, -0.15) is 8.78 Å². The molecule has 1 N–H and O–H groups in total. The highest BCUT2D eigenvalue weighted by molar-refractivity contribution is 9.10. The summed E-state index contributed by atoms with van der Waals surface area (Å²) in [6.07, 6.45) is -0.775. The Labute approximate surface area is 152 Å². The number of nitrogens with zero attached hydrogens (tertiary/aromatic N) is 1. The predicted octanol–water partition coefficient (Wildman–Crippen LogP) is 4.13. The van der Waals surface area contributed by atoms with Gasteiger partial charge < -0.3 is 14.7 Å². The summed E-state index contributed by atoms with van der Waals surface area (Å²) in [5.41, 5.74) is 1.86. The highest BCUT2D eigenvalue weighted by atomic mass is 79.9. The van der Waals surface area contributed by atoms with E-state index in [4.69, 9.17) is 0 Å². The number of benzene rings is 2. The summed E-state index contributed by atoms with van der Waals surface area (Å²) in [5, 5.41) is 10.4. The maximum atomic E-state index is 12.5. The summed E-state index contributed by atoms with van der Waals surface area (Å²) >= 11 is 3.38. The van der Waals surface area contributed by atoms with Crippen LogP contribution in [0.3, 0.4) is 0 Å². The number of carbonyl (C=O) groups excluding carboxylic acids is 1. The van der Waals surface area contributed by atoms with E-state index in [1.807, 2.05) is 12.1 Å². The number of hydrogen-bond donors (Lipinski definition) is 1. The van der Waals surface area contributed by atoms with Crippen LogP contribution in [0.25, 0.3) is 0 Å². The van der Waals surface area contributed by atoms with E-state index in [1.54, 1.807) is 29.2 Å². The Kier molecular flexibility index (Phi) is 5.34. The fraction of sp³-hybridized carbons (Fsp3) is 0.278. The van der Waals surface area contributed by atoms with Gasteiger partial charge in [0.2, 0.25) is 0 Å². The molecule has 1 aliphatic rings. The van der Waals surface area contributed by atoms with Crippen molar-refractivity contribution in [2.24, 2.45) is 0 Å². The van der Waals surface area contributed by atoms with E-state index in [-0.39, 0.29) is 23.6 Å². The van der Waals surface area contributed by atoms with Crippen LogP contribution in [0.5, 0.6) is 5.75 Å². The zero-order valence-corrected chi connectivity index (χ0v) is 14.7. The van der Waals surface area contributed by atoms with Crippen molar-refractivity contribution in [3.8, 4) is 5.75 Å². The molecule has 0 spiro atoms. The lowest BCUT2D eigenvalue weighted by Crippen LogP contribution is -2.26. The molecule has 0 fully saturated rings. The van der Waals surface area contributed by atoms with Gasteiger partial charge in [0.05, 0.1) is 6.10 Å². The minimum Gasteiger partial charge on any atom is -0.434 e. The number of ether oxygens (including phenoxy) is 1. The molecule has 2 aromatic carbocycles. The zero-order valence-electron chi connectivity index (χ0n) is 13.2. The van der Waals surface area contributed by atoms with Gasteiger partial charge in [0, 0.05) is 28.7 Å². The van der Waals surface area contributed by atoms with E-state index in [0.29, 0.717) is 18.7 Å². The number of alkyl halides is 2. The van der Waals surface area contributed by atoms with Crippen molar-refractivity contribution >= 4 is 21.8 Å². The number of fused-ring (bicyclic) bond motifs is 1. The maximum Gasteiger partial charge on any atom is 0.387 e. The Morgan fingerprint density at radius 1 is 1.24 bits per heavy atom. The fourth-order valence-corrected chi connectivity index (χ4v) is 3.33. The van der Waals surface area contributed by atoms with Gasteiger partial charge in [-0.05, 0) is 36.2 Å². The molecule has 0 aromatic heterocycles. The SMILES string of the molecule is O=C1c2ccc(Br)cc2CN1CCC(O)c1ccccc1OC(F)F. The minimum absolute atomic E-state index is 0.0510. The van der Waals surface area contributed by atoms with Crippen molar-refractivity contribution in [1.82, 2.24) is 4.90 Å². The first-order chi connectivity index (χ1) is 12.0. The number of hydrogen-bond acceptors (Lipinski definition) is 3. The van der Waals surface area contributed by atoms with Gasteiger partial charge in [0.1, 0.15) is 5.75 Å². The second-order valence-corrected chi connectivity index (χ2v) is 6.66. The molecule has 1 amide bonds. The van der Waals surface area contributed by atoms with Crippen LogP contribution >= 0.6 is 15.9 Å². The molecular formula is C18H16BrF2NO3. The average Bonchev–Trinajstić information content (AvgIpc) is 2.88. The van der Waals surface area contributed by atoms with Gasteiger partial charge >= 0.3 is 6.61 Å². The van der Waals surface area contributed by atoms with Crippen LogP contribution in [0.2, 0.25) is 0 Å². The highest BCUT2D eigenvalue weighted by Crippen LogP contribution is 2.30. The molecule has 3 rings (SSSR count). The normalized spacial score (nSPS) is 14.8. The number of rotatable bonds is 6. The van der Waals surface area contributed by atoms with Crippen molar-refractivity contribution in [1.29, 1.82) is 0 Å². The van der Waals surface area contributed by atoms with E-state index in [2.05, 4.69) is 20.7 Å². The Morgan fingerprint density at radius 3 is 2.76 bits per heavy atom. The van der Waals surface area contributed by atoms with E-state index in [1.165, 1.54) is 6.07 Å². The minimum atomic E-state index is -2.96. The summed E-state index contributed by atoms with van der Waals surface area (Å²) in [7, 11) is 0. The molecule has 0 saturated heterocycles. The molecule has 0 bridgehead atoms. The van der Waals surface area contributed by atoms with E-state index in [9.17, 15) is 18.7 Å². The van der Waals surface area contributed by atoms with Crippen LogP contribution in [0.4, 0.5) is 8.78 Å². The van der Waals surface area contributed by atoms with Gasteiger partial charge in [-0.3, -0.25) is 4.79 Å². The molecule has 1 unspecified atom stereocenters. The molecule has 1 atom stereocenters. The molecular weight excluding hydrogens is 396 g/mol. The fourth-order valence-electron chi connectivity index (χ4n) is 2.92. The molecule has 25 heavy (non-hydrogen) atoms. The van der Waals surface area contributed by atoms with Gasteiger partial charge in [-0.15, -0.1) is 0 Å². The summed E-state index contributed by atoms with van der Waals surface area (Å²) in [6.45, 7) is -2.17. The van der Waals surface area contributed by atoms with Crippen molar-refractivity contribution in [2.45, 2.75) is 25.7 Å². The van der Waals surface area contributed by atoms with Crippen molar-refractivity contribution < 1.29 is 23.4 Å². The molecule has 132 valence electrons. The Morgan fingerprint density at radius 2 is 2.00 bits per heavy atom. The van der Waals surface area contributed by atoms with Crippen LogP contribution in [0, 0.1) is 0 Å². The number of halogens is 3. The Balaban J connectivity index is 1.66. The van der Waals surface area contributed by atoms with Gasteiger partial charge in [-0.1, -0.05) is 34.1 Å². The van der Waals surface area contributed by atoms with E-state index < -0.39 is 12.7 Å². The smallest absolute Gasteiger partial charge is 0.387 e. The summed E-state index contributed by atoms with van der Waals surface area (Å²) in [6, 6.07) is 11.6. The third kappa shape index (κ3) is 3.99. The summed E-state index contributed by atoms with van der Waals surface area (Å²) in [5.74, 6) is -0.142. The van der Waals surface area contributed by atoms with Crippen molar-refractivity contribution in [3.63, 3.8) is 0 Å². The molecule has 4 nitrogen and oxygen atoms in total. The van der Waals surface area contributed by atoms with Crippen LogP contribution in [0.1, 0.15) is 34.0 Å². The van der Waals surface area contributed by atoms with E-state index in [0.717, 1.165) is 10.0 Å². The van der Waals surface area contributed by atoms with Gasteiger partial charge in [0.25, 0.3) is 5.91 Å². The summed E-state index contributed by atoms with van der Waals surface area (Å²) in [4.78, 5) is 14.0. The zero-order chi connectivity index (χ0) is 18.0. The third-order valence-corrected chi connectivity index (χ3v) is 4.61. The first-order valence-corrected chi connectivity index (χ1v) is 8.54. The van der Waals surface area contributed by atoms with Crippen molar-refractivity contribution in [2.75, 3.05) is 6.54 Å². The van der Waals surface area contributed by atoms with Gasteiger partial charge in [-0.25, -0.2) is 0 Å². The van der Waals surface area contributed by atoms with Crippen LogP contribution < -0.4 is 4.74 Å². The summed E-state index contributed by atoms with van der Waals surface area (Å²) < 4.78 is 30.3. The van der Waals surface area contributed by atoms with Crippen molar-refractivity contribution in [3.05, 3.63) is 63.6 Å². The Bertz CT molecular complexity index is 785. The lowest BCUT2D eigenvalue weighted by atomic mass is 10.1. The quantitative estimate of drug-likeness (QED) is 0.777. The lowest BCUT2D eigenvalue weighted by Gasteiger charge is -2.20. The number of para-hydroxylation sites is 1. The monoisotopic (exact) mass is 411 g/mol. The molecule has 1 aliphatic heterocycles. The first-order valence-electron chi connectivity index (χ1n) is 7.75. The number of carbonyl (C=O) groups is 1. The molecule has 0 aliphatic carbocycles. The molecule has 1 heterocycles. The van der Waals surface area contributed by atoms with E-state index >= 15 is 0 Å². The molecule has 0 radical (unpaired) electrons. The second kappa shape index (κ2) is 7.49.